The molecule has 1 amide bonds. The predicted octanol–water partition coefficient (Wildman–Crippen LogP) is 19.2. The number of nitrogens with one attached hydrogen (secondary N) is 1. The molecule has 0 radical (unpaired) electrons. The lowest BCUT2D eigenvalue weighted by Crippen LogP contribution is -2.45. The van der Waals surface area contributed by atoms with Gasteiger partial charge in [-0.25, -0.2) is 0 Å². The maximum atomic E-state index is 12.5. The number of hydrogen-bond donors (Lipinski definition) is 3. The van der Waals surface area contributed by atoms with Gasteiger partial charge in [0.05, 0.1) is 25.4 Å². The van der Waals surface area contributed by atoms with E-state index in [1.165, 1.54) is 212 Å². The van der Waals surface area contributed by atoms with Crippen molar-refractivity contribution >= 4 is 11.9 Å². The van der Waals surface area contributed by atoms with Gasteiger partial charge >= 0.3 is 5.97 Å². The molecule has 0 fully saturated rings. The van der Waals surface area contributed by atoms with E-state index >= 15 is 0 Å². The summed E-state index contributed by atoms with van der Waals surface area (Å²) in [5.41, 5.74) is 0. The highest BCUT2D eigenvalue weighted by Crippen LogP contribution is 2.17. The number of unbranched alkanes of at least 4 members (excludes halogenated alkanes) is 40. The number of esters is 1. The SMILES string of the molecule is CCCCC/C=C\C/C=C\CCCCCCCC(=O)OCCCCCCCC/C=C\CCCCCC(=O)NC(CO)C(O)CCCCCCCCCCCCCCCCCCCCCCCCCC. The molecule has 69 heavy (non-hydrogen) atoms. The monoisotopic (exact) mass is 970 g/mol. The van der Waals surface area contributed by atoms with Crippen LogP contribution in [0.5, 0.6) is 0 Å². The summed E-state index contributed by atoms with van der Waals surface area (Å²) in [6.07, 6.45) is 72.9. The average molecular weight is 971 g/mol. The molecule has 0 aromatic rings. The van der Waals surface area contributed by atoms with Crippen LogP contribution in [0.1, 0.15) is 328 Å². The van der Waals surface area contributed by atoms with E-state index in [0.717, 1.165) is 83.5 Å². The summed E-state index contributed by atoms with van der Waals surface area (Å²) in [6, 6.07) is -0.564. The van der Waals surface area contributed by atoms with E-state index in [1.807, 2.05) is 0 Å². The van der Waals surface area contributed by atoms with Crippen LogP contribution in [0.25, 0.3) is 0 Å². The fourth-order valence-electron chi connectivity index (χ4n) is 9.43. The Balaban J connectivity index is 3.49. The van der Waals surface area contributed by atoms with Gasteiger partial charge in [0.2, 0.25) is 5.91 Å². The molecule has 0 aromatic carbocycles. The number of ether oxygens (including phenoxy) is 1. The number of hydrogen-bond acceptors (Lipinski definition) is 5. The molecule has 0 saturated heterocycles. The van der Waals surface area contributed by atoms with E-state index in [4.69, 9.17) is 4.74 Å². The molecule has 6 nitrogen and oxygen atoms in total. The van der Waals surface area contributed by atoms with Gasteiger partial charge in [0.15, 0.2) is 0 Å². The molecule has 0 spiro atoms. The van der Waals surface area contributed by atoms with Crippen molar-refractivity contribution in [1.29, 1.82) is 0 Å². The summed E-state index contributed by atoms with van der Waals surface area (Å²) in [5.74, 6) is -0.0889. The van der Waals surface area contributed by atoms with Gasteiger partial charge in [0.1, 0.15) is 0 Å². The number of amides is 1. The van der Waals surface area contributed by atoms with Crippen molar-refractivity contribution in [1.82, 2.24) is 5.32 Å². The van der Waals surface area contributed by atoms with Crippen molar-refractivity contribution in [3.63, 3.8) is 0 Å². The van der Waals surface area contributed by atoms with E-state index < -0.39 is 12.1 Å². The number of carbonyl (C=O) groups excluding carboxylic acids is 2. The predicted molar refractivity (Wildman–Crippen MR) is 301 cm³/mol. The molecule has 0 saturated carbocycles. The van der Waals surface area contributed by atoms with E-state index in [-0.39, 0.29) is 18.5 Å². The van der Waals surface area contributed by atoms with Gasteiger partial charge in [0.25, 0.3) is 0 Å². The standard InChI is InChI=1S/C63H119NO5/c1-3-5-7-9-11-13-15-17-19-20-21-22-23-24-25-26-27-29-31-35-39-43-47-51-55-61(66)60(59-65)64-62(67)56-52-48-44-40-36-32-30-34-38-42-46-50-54-58-69-63(68)57-53-49-45-41-37-33-28-18-16-14-12-10-8-6-4-2/h12,14,18,28,32,36,60-61,65-66H,3-11,13,15-17,19-27,29-31,33-35,37-59H2,1-2H3,(H,64,67)/b14-12-,28-18-,36-32-. The molecular weight excluding hydrogens is 851 g/mol. The van der Waals surface area contributed by atoms with Gasteiger partial charge in [-0.15, -0.1) is 0 Å². The summed E-state index contributed by atoms with van der Waals surface area (Å²) in [5, 5.41) is 23.4. The third-order valence-electron chi connectivity index (χ3n) is 14.2. The molecule has 0 rings (SSSR count). The molecule has 0 aliphatic carbocycles. The molecular formula is C63H119NO5. The number of aliphatic hydroxyl groups is 2. The molecule has 0 heterocycles. The van der Waals surface area contributed by atoms with Crippen molar-refractivity contribution in [3.8, 4) is 0 Å². The first-order chi connectivity index (χ1) is 34.0. The van der Waals surface area contributed by atoms with Crippen molar-refractivity contribution in [3.05, 3.63) is 36.5 Å². The Hall–Kier alpha value is -1.92. The highest BCUT2D eigenvalue weighted by atomic mass is 16.5. The van der Waals surface area contributed by atoms with Crippen LogP contribution in [-0.4, -0.2) is 47.4 Å². The quantitative estimate of drug-likeness (QED) is 0.0321. The Kier molecular flexibility index (Phi) is 57.0. The third kappa shape index (κ3) is 55.2. The van der Waals surface area contributed by atoms with Crippen molar-refractivity contribution < 1.29 is 24.5 Å². The Labute approximate surface area is 430 Å². The summed E-state index contributed by atoms with van der Waals surface area (Å²) >= 11 is 0. The first kappa shape index (κ1) is 67.1. The molecule has 3 N–H and O–H groups in total. The Bertz CT molecular complexity index is 1120. The lowest BCUT2D eigenvalue weighted by molar-refractivity contribution is -0.143. The van der Waals surface area contributed by atoms with Crippen LogP contribution in [0.3, 0.4) is 0 Å². The van der Waals surface area contributed by atoms with Crippen LogP contribution in [-0.2, 0) is 14.3 Å². The first-order valence-corrected chi connectivity index (χ1v) is 30.7. The number of aliphatic hydroxyl groups excluding tert-OH is 2. The van der Waals surface area contributed by atoms with Crippen LogP contribution in [0.4, 0.5) is 0 Å². The van der Waals surface area contributed by atoms with Gasteiger partial charge in [-0.2, -0.15) is 0 Å². The molecule has 2 atom stereocenters. The summed E-state index contributed by atoms with van der Waals surface area (Å²) in [6.45, 7) is 4.90. The molecule has 6 heteroatoms. The summed E-state index contributed by atoms with van der Waals surface area (Å²) < 4.78 is 5.46. The first-order valence-electron chi connectivity index (χ1n) is 30.7. The smallest absolute Gasteiger partial charge is 0.305 e. The van der Waals surface area contributed by atoms with Crippen LogP contribution in [0.2, 0.25) is 0 Å². The third-order valence-corrected chi connectivity index (χ3v) is 14.2. The van der Waals surface area contributed by atoms with Gasteiger partial charge in [-0.1, -0.05) is 269 Å². The maximum absolute atomic E-state index is 12.5. The normalized spacial score (nSPS) is 12.8. The van der Waals surface area contributed by atoms with Crippen LogP contribution < -0.4 is 5.32 Å². The van der Waals surface area contributed by atoms with Crippen molar-refractivity contribution in [2.45, 2.75) is 341 Å². The molecule has 0 aromatic heterocycles. The Morgan fingerprint density at radius 3 is 1.16 bits per heavy atom. The molecule has 0 bridgehead atoms. The number of rotatable bonds is 57. The minimum atomic E-state index is -0.684. The minimum Gasteiger partial charge on any atom is -0.466 e. The minimum absolute atomic E-state index is 0.0260. The average Bonchev–Trinajstić information content (AvgIpc) is 3.35. The van der Waals surface area contributed by atoms with Gasteiger partial charge in [-0.05, 0) is 83.5 Å². The summed E-state index contributed by atoms with van der Waals surface area (Å²) in [4.78, 5) is 24.6. The van der Waals surface area contributed by atoms with Gasteiger partial charge in [0, 0.05) is 12.8 Å². The highest BCUT2D eigenvalue weighted by Gasteiger charge is 2.20. The van der Waals surface area contributed by atoms with Gasteiger partial charge in [-0.3, -0.25) is 9.59 Å². The lowest BCUT2D eigenvalue weighted by Gasteiger charge is -2.22. The van der Waals surface area contributed by atoms with E-state index in [0.29, 0.717) is 25.9 Å². The maximum Gasteiger partial charge on any atom is 0.305 e. The fraction of sp³-hybridized carbons (Fsp3) is 0.873. The van der Waals surface area contributed by atoms with Crippen LogP contribution in [0, 0.1) is 0 Å². The zero-order valence-electron chi connectivity index (χ0n) is 46.3. The molecule has 0 aliphatic rings. The van der Waals surface area contributed by atoms with E-state index in [1.54, 1.807) is 0 Å². The second kappa shape index (κ2) is 58.6. The van der Waals surface area contributed by atoms with E-state index in [9.17, 15) is 19.8 Å². The molecule has 0 aliphatic heterocycles. The molecule has 406 valence electrons. The second-order valence-corrected chi connectivity index (χ2v) is 21.0. The summed E-state index contributed by atoms with van der Waals surface area (Å²) in [7, 11) is 0. The Morgan fingerprint density at radius 1 is 0.406 bits per heavy atom. The second-order valence-electron chi connectivity index (χ2n) is 21.0. The lowest BCUT2D eigenvalue weighted by atomic mass is 10.0. The number of carbonyl (C=O) groups is 2. The van der Waals surface area contributed by atoms with Crippen LogP contribution >= 0.6 is 0 Å². The van der Waals surface area contributed by atoms with Crippen LogP contribution in [0.15, 0.2) is 36.5 Å². The fourth-order valence-corrected chi connectivity index (χ4v) is 9.43. The van der Waals surface area contributed by atoms with Crippen molar-refractivity contribution in [2.75, 3.05) is 13.2 Å². The van der Waals surface area contributed by atoms with E-state index in [2.05, 4.69) is 55.6 Å². The largest absolute Gasteiger partial charge is 0.466 e. The number of allylic oxidation sites excluding steroid dienone is 6. The topological polar surface area (TPSA) is 95.9 Å². The zero-order valence-corrected chi connectivity index (χ0v) is 46.3. The zero-order chi connectivity index (χ0) is 50.0. The van der Waals surface area contributed by atoms with Crippen molar-refractivity contribution in [2.24, 2.45) is 0 Å². The highest BCUT2D eigenvalue weighted by molar-refractivity contribution is 5.76. The van der Waals surface area contributed by atoms with Gasteiger partial charge < -0.3 is 20.3 Å². The molecule has 2 unspecified atom stereocenters. The Morgan fingerprint density at radius 2 is 0.725 bits per heavy atom.